The standard InChI is InChI=1S/C20H28FN5O/c1-23-20(24-12-17-10-15(11-22)2-3-19(17)21)25-18-4-7-26(8-5-18)13-16-6-9-27-14-16/h2-3,10,16,18H,4-9,12-14H2,1H3,(H2,23,24,25). The van der Waals surface area contributed by atoms with E-state index in [4.69, 9.17) is 10.00 Å². The van der Waals surface area contributed by atoms with Crippen molar-refractivity contribution in [3.63, 3.8) is 0 Å². The molecule has 2 fully saturated rings. The third-order valence-electron chi connectivity index (χ3n) is 5.31. The van der Waals surface area contributed by atoms with Crippen LogP contribution >= 0.6 is 0 Å². The molecule has 6 nitrogen and oxygen atoms in total. The van der Waals surface area contributed by atoms with Crippen LogP contribution in [-0.2, 0) is 11.3 Å². The number of ether oxygens (including phenoxy) is 1. The summed E-state index contributed by atoms with van der Waals surface area (Å²) in [5.41, 5.74) is 0.918. The molecule has 0 bridgehead atoms. The fraction of sp³-hybridized carbons (Fsp3) is 0.600. The Labute approximate surface area is 160 Å². The summed E-state index contributed by atoms with van der Waals surface area (Å²) < 4.78 is 19.4. The molecule has 2 aliphatic rings. The van der Waals surface area contributed by atoms with Gasteiger partial charge in [-0.25, -0.2) is 4.39 Å². The van der Waals surface area contributed by atoms with Gasteiger partial charge in [-0.05, 0) is 43.4 Å². The number of likely N-dealkylation sites (tertiary alicyclic amines) is 1. The van der Waals surface area contributed by atoms with Gasteiger partial charge >= 0.3 is 0 Å². The minimum atomic E-state index is -0.318. The van der Waals surface area contributed by atoms with E-state index in [1.165, 1.54) is 18.6 Å². The Kier molecular flexibility index (Phi) is 7.02. The molecule has 1 unspecified atom stereocenters. The maximum Gasteiger partial charge on any atom is 0.191 e. The molecule has 2 N–H and O–H groups in total. The molecule has 27 heavy (non-hydrogen) atoms. The van der Waals surface area contributed by atoms with Crippen LogP contribution in [0.4, 0.5) is 4.39 Å². The predicted octanol–water partition coefficient (Wildman–Crippen LogP) is 1.86. The SMILES string of the molecule is CN=C(NCc1cc(C#N)ccc1F)NC1CCN(CC2CCOC2)CC1. The number of hydrogen-bond acceptors (Lipinski definition) is 4. The van der Waals surface area contributed by atoms with Crippen molar-refractivity contribution in [2.45, 2.75) is 31.8 Å². The van der Waals surface area contributed by atoms with Gasteiger partial charge in [0.25, 0.3) is 0 Å². The highest BCUT2D eigenvalue weighted by molar-refractivity contribution is 5.80. The van der Waals surface area contributed by atoms with Crippen LogP contribution in [0.2, 0.25) is 0 Å². The molecule has 0 aliphatic carbocycles. The third-order valence-corrected chi connectivity index (χ3v) is 5.31. The molecule has 2 heterocycles. The largest absolute Gasteiger partial charge is 0.381 e. The molecular formula is C20H28FN5O. The van der Waals surface area contributed by atoms with Crippen LogP contribution in [-0.4, -0.2) is 56.8 Å². The van der Waals surface area contributed by atoms with E-state index in [1.807, 2.05) is 6.07 Å². The Balaban J connectivity index is 1.44. The average molecular weight is 373 g/mol. The fourth-order valence-electron chi connectivity index (χ4n) is 3.70. The number of nitriles is 1. The van der Waals surface area contributed by atoms with E-state index in [2.05, 4.69) is 20.5 Å². The van der Waals surface area contributed by atoms with E-state index in [0.29, 0.717) is 35.6 Å². The summed E-state index contributed by atoms with van der Waals surface area (Å²) in [7, 11) is 1.71. The second kappa shape index (κ2) is 9.67. The molecule has 0 radical (unpaired) electrons. The first-order chi connectivity index (χ1) is 13.2. The highest BCUT2D eigenvalue weighted by Gasteiger charge is 2.24. The van der Waals surface area contributed by atoms with E-state index in [1.54, 1.807) is 13.1 Å². The highest BCUT2D eigenvalue weighted by atomic mass is 19.1. The molecule has 146 valence electrons. The predicted molar refractivity (Wildman–Crippen MR) is 103 cm³/mol. The second-order valence-electron chi connectivity index (χ2n) is 7.29. The van der Waals surface area contributed by atoms with Crippen molar-refractivity contribution in [1.29, 1.82) is 5.26 Å². The Morgan fingerprint density at radius 2 is 2.19 bits per heavy atom. The molecule has 0 aromatic heterocycles. The molecule has 3 rings (SSSR count). The summed E-state index contributed by atoms with van der Waals surface area (Å²) in [6.45, 7) is 5.38. The van der Waals surface area contributed by atoms with Crippen molar-refractivity contribution >= 4 is 5.96 Å². The Bertz CT molecular complexity index is 688. The molecule has 2 saturated heterocycles. The second-order valence-corrected chi connectivity index (χ2v) is 7.29. The first kappa shape index (κ1) is 19.6. The van der Waals surface area contributed by atoms with E-state index in [-0.39, 0.29) is 5.82 Å². The molecule has 1 aromatic rings. The topological polar surface area (TPSA) is 72.7 Å². The molecular weight excluding hydrogens is 345 g/mol. The lowest BCUT2D eigenvalue weighted by Crippen LogP contribution is -2.49. The van der Waals surface area contributed by atoms with Crippen molar-refractivity contribution in [2.24, 2.45) is 10.9 Å². The van der Waals surface area contributed by atoms with Crippen molar-refractivity contribution in [3.05, 3.63) is 35.1 Å². The molecule has 1 atom stereocenters. The zero-order valence-corrected chi connectivity index (χ0v) is 15.9. The summed E-state index contributed by atoms with van der Waals surface area (Å²) in [6.07, 6.45) is 3.30. The van der Waals surface area contributed by atoms with Gasteiger partial charge in [-0.3, -0.25) is 4.99 Å². The first-order valence-corrected chi connectivity index (χ1v) is 9.63. The van der Waals surface area contributed by atoms with Gasteiger partial charge in [0.1, 0.15) is 5.82 Å². The van der Waals surface area contributed by atoms with Gasteiger partial charge in [0.15, 0.2) is 5.96 Å². The maximum atomic E-state index is 13.9. The smallest absolute Gasteiger partial charge is 0.191 e. The number of aliphatic imine (C=N–C) groups is 1. The van der Waals surface area contributed by atoms with Gasteiger partial charge in [0, 0.05) is 51.4 Å². The van der Waals surface area contributed by atoms with Crippen molar-refractivity contribution in [2.75, 3.05) is 39.9 Å². The Hall–Kier alpha value is -2.17. The Morgan fingerprint density at radius 3 is 2.85 bits per heavy atom. The molecule has 7 heteroatoms. The number of halogens is 1. The average Bonchev–Trinajstić information content (AvgIpc) is 3.20. The lowest BCUT2D eigenvalue weighted by molar-refractivity contribution is 0.150. The molecule has 0 spiro atoms. The number of benzene rings is 1. The van der Waals surface area contributed by atoms with Crippen LogP contribution in [0, 0.1) is 23.1 Å². The molecule has 2 aliphatic heterocycles. The van der Waals surface area contributed by atoms with Gasteiger partial charge in [-0.1, -0.05) is 0 Å². The number of piperidine rings is 1. The first-order valence-electron chi connectivity index (χ1n) is 9.63. The van der Waals surface area contributed by atoms with Crippen LogP contribution in [0.25, 0.3) is 0 Å². The Morgan fingerprint density at radius 1 is 1.37 bits per heavy atom. The minimum absolute atomic E-state index is 0.293. The maximum absolute atomic E-state index is 13.9. The van der Waals surface area contributed by atoms with Gasteiger partial charge < -0.3 is 20.3 Å². The zero-order chi connectivity index (χ0) is 19.1. The lowest BCUT2D eigenvalue weighted by Gasteiger charge is -2.34. The van der Waals surface area contributed by atoms with E-state index >= 15 is 0 Å². The van der Waals surface area contributed by atoms with E-state index in [9.17, 15) is 4.39 Å². The highest BCUT2D eigenvalue weighted by Crippen LogP contribution is 2.17. The number of rotatable bonds is 5. The normalized spacial score (nSPS) is 21.8. The number of nitrogens with zero attached hydrogens (tertiary/aromatic N) is 3. The lowest BCUT2D eigenvalue weighted by atomic mass is 10.0. The summed E-state index contributed by atoms with van der Waals surface area (Å²) in [4.78, 5) is 6.77. The number of hydrogen-bond donors (Lipinski definition) is 2. The number of nitrogens with one attached hydrogen (secondary N) is 2. The third kappa shape index (κ3) is 5.65. The summed E-state index contributed by atoms with van der Waals surface area (Å²) in [5.74, 6) is 1.03. The van der Waals surface area contributed by atoms with E-state index < -0.39 is 0 Å². The van der Waals surface area contributed by atoms with Gasteiger partial charge in [-0.15, -0.1) is 0 Å². The van der Waals surface area contributed by atoms with Crippen molar-refractivity contribution in [1.82, 2.24) is 15.5 Å². The van der Waals surface area contributed by atoms with Gasteiger partial charge in [0.2, 0.25) is 0 Å². The monoisotopic (exact) mass is 373 g/mol. The van der Waals surface area contributed by atoms with Gasteiger partial charge in [0.05, 0.1) is 18.2 Å². The molecule has 0 saturated carbocycles. The van der Waals surface area contributed by atoms with Crippen LogP contribution in [0.5, 0.6) is 0 Å². The summed E-state index contributed by atoms with van der Waals surface area (Å²) in [6, 6.07) is 6.79. The summed E-state index contributed by atoms with van der Waals surface area (Å²) in [5, 5.41) is 15.6. The summed E-state index contributed by atoms with van der Waals surface area (Å²) >= 11 is 0. The van der Waals surface area contributed by atoms with Gasteiger partial charge in [-0.2, -0.15) is 5.26 Å². The minimum Gasteiger partial charge on any atom is -0.381 e. The molecule has 1 aromatic carbocycles. The van der Waals surface area contributed by atoms with Crippen LogP contribution in [0.3, 0.4) is 0 Å². The van der Waals surface area contributed by atoms with Crippen LogP contribution < -0.4 is 10.6 Å². The van der Waals surface area contributed by atoms with Crippen LogP contribution in [0.15, 0.2) is 23.2 Å². The van der Waals surface area contributed by atoms with Crippen molar-refractivity contribution < 1.29 is 9.13 Å². The quantitative estimate of drug-likeness (QED) is 0.609. The molecule has 0 amide bonds. The van der Waals surface area contributed by atoms with E-state index in [0.717, 1.165) is 45.7 Å². The van der Waals surface area contributed by atoms with Crippen molar-refractivity contribution in [3.8, 4) is 6.07 Å². The zero-order valence-electron chi connectivity index (χ0n) is 15.9. The number of guanidine groups is 1. The van der Waals surface area contributed by atoms with Crippen LogP contribution in [0.1, 0.15) is 30.4 Å². The fourth-order valence-corrected chi connectivity index (χ4v) is 3.70.